The average Bonchev–Trinajstić information content (AvgIpc) is 3.20. The molecule has 0 aliphatic heterocycles. The topological polar surface area (TPSA) is 49.9 Å². The van der Waals surface area contributed by atoms with Gasteiger partial charge >= 0.3 is 0 Å². The molecule has 0 aliphatic carbocycles. The molecule has 5 nitrogen and oxygen atoms in total. The van der Waals surface area contributed by atoms with Crippen LogP contribution in [0.15, 0.2) is 47.8 Å². The molecule has 2 rings (SSSR count). The number of halogens is 2. The van der Waals surface area contributed by atoms with Crippen LogP contribution in [-0.2, 0) is 27.4 Å². The van der Waals surface area contributed by atoms with E-state index in [4.69, 9.17) is 27.9 Å². The largest absolute Gasteiger partial charge is 0.385 e. The summed E-state index contributed by atoms with van der Waals surface area (Å²) in [5.41, 5.74) is 1.03. The van der Waals surface area contributed by atoms with E-state index in [1.165, 1.54) is 4.90 Å². The van der Waals surface area contributed by atoms with Crippen molar-refractivity contribution in [3.8, 4) is 0 Å². The summed E-state index contributed by atoms with van der Waals surface area (Å²) in [6, 6.07) is 13.7. The molecule has 0 saturated heterocycles. The second-order valence-corrected chi connectivity index (χ2v) is 8.35. The number of alkyl halides is 2. The Morgan fingerprint density at radius 3 is 2.43 bits per heavy atom. The van der Waals surface area contributed by atoms with Crippen LogP contribution < -0.4 is 0 Å². The Bertz CT molecular complexity index is 726. The molecule has 1 aromatic carbocycles. The normalized spacial score (nSPS) is 10.9. The standard InChI is InChI=1S/C20H24Cl2N2O3S/c1-27-11-6-10-23(20(26)19(21)22)15-18(25)24(14-17-9-5-12-28-17)13-16-7-3-2-4-8-16/h2-5,7-9,12,19H,6,10-11,13-15H2,1H3. The Balaban J connectivity index is 2.12. The zero-order valence-corrected chi connectivity index (χ0v) is 18.1. The molecule has 0 radical (unpaired) electrons. The van der Waals surface area contributed by atoms with Crippen molar-refractivity contribution in [1.82, 2.24) is 9.80 Å². The van der Waals surface area contributed by atoms with Crippen molar-refractivity contribution in [2.24, 2.45) is 0 Å². The van der Waals surface area contributed by atoms with Gasteiger partial charge in [0.05, 0.1) is 13.1 Å². The molecule has 28 heavy (non-hydrogen) atoms. The van der Waals surface area contributed by atoms with Gasteiger partial charge in [-0.25, -0.2) is 0 Å². The maximum absolute atomic E-state index is 13.1. The zero-order chi connectivity index (χ0) is 20.4. The summed E-state index contributed by atoms with van der Waals surface area (Å²) in [5.74, 6) is -0.624. The lowest BCUT2D eigenvalue weighted by molar-refractivity contribution is -0.140. The predicted molar refractivity (Wildman–Crippen MR) is 114 cm³/mol. The van der Waals surface area contributed by atoms with Crippen LogP contribution in [0, 0.1) is 0 Å². The number of thiophene rings is 1. The van der Waals surface area contributed by atoms with Crippen LogP contribution >= 0.6 is 34.5 Å². The van der Waals surface area contributed by atoms with E-state index < -0.39 is 10.7 Å². The maximum atomic E-state index is 13.1. The van der Waals surface area contributed by atoms with Crippen LogP contribution in [0.2, 0.25) is 0 Å². The fraction of sp³-hybridized carbons (Fsp3) is 0.400. The lowest BCUT2D eigenvalue weighted by Crippen LogP contribution is -2.44. The highest BCUT2D eigenvalue weighted by Gasteiger charge is 2.25. The molecule has 0 fully saturated rings. The summed E-state index contributed by atoms with van der Waals surface area (Å²) in [6.45, 7) is 1.71. The molecule has 0 atom stereocenters. The van der Waals surface area contributed by atoms with Gasteiger partial charge in [0, 0.05) is 31.7 Å². The highest BCUT2D eigenvalue weighted by atomic mass is 35.5. The summed E-state index contributed by atoms with van der Waals surface area (Å²) < 4.78 is 5.04. The molecular formula is C20H24Cl2N2O3S. The van der Waals surface area contributed by atoms with Crippen molar-refractivity contribution in [2.75, 3.05) is 26.8 Å². The third-order valence-corrected chi connectivity index (χ3v) is 5.33. The highest BCUT2D eigenvalue weighted by molar-refractivity contribution is 7.09. The number of rotatable bonds is 11. The number of ether oxygens (including phenoxy) is 1. The summed E-state index contributed by atoms with van der Waals surface area (Å²) >= 11 is 13.1. The van der Waals surface area contributed by atoms with E-state index in [1.807, 2.05) is 47.8 Å². The minimum Gasteiger partial charge on any atom is -0.385 e. The number of carbonyl (C=O) groups is 2. The van der Waals surface area contributed by atoms with Crippen LogP contribution in [0.3, 0.4) is 0 Å². The minimum absolute atomic E-state index is 0.0727. The van der Waals surface area contributed by atoms with Crippen LogP contribution in [0.25, 0.3) is 0 Å². The Kier molecular flexibility index (Phi) is 9.78. The molecule has 0 spiro atoms. The quantitative estimate of drug-likeness (QED) is 0.391. The van der Waals surface area contributed by atoms with Gasteiger partial charge in [0.15, 0.2) is 4.84 Å². The third kappa shape index (κ3) is 7.43. The van der Waals surface area contributed by atoms with E-state index in [0.29, 0.717) is 32.7 Å². The number of carbonyl (C=O) groups excluding carboxylic acids is 2. The molecule has 2 amide bonds. The summed E-state index contributed by atoms with van der Waals surface area (Å²) in [5, 5.41) is 1.98. The molecule has 2 aromatic rings. The van der Waals surface area contributed by atoms with Gasteiger partial charge in [-0.1, -0.05) is 59.6 Å². The smallest absolute Gasteiger partial charge is 0.256 e. The summed E-state index contributed by atoms with van der Waals surface area (Å²) in [4.78, 5) is 28.4. The molecule has 1 aromatic heterocycles. The number of benzene rings is 1. The molecule has 1 heterocycles. The first-order valence-corrected chi connectivity index (χ1v) is 10.7. The lowest BCUT2D eigenvalue weighted by atomic mass is 10.2. The Morgan fingerprint density at radius 1 is 1.07 bits per heavy atom. The molecule has 0 N–H and O–H groups in total. The minimum atomic E-state index is -1.20. The van der Waals surface area contributed by atoms with E-state index in [1.54, 1.807) is 23.3 Å². The molecule has 0 saturated carbocycles. The number of hydrogen-bond donors (Lipinski definition) is 0. The van der Waals surface area contributed by atoms with Crippen LogP contribution in [-0.4, -0.2) is 53.3 Å². The van der Waals surface area contributed by atoms with Crippen molar-refractivity contribution in [1.29, 1.82) is 0 Å². The van der Waals surface area contributed by atoms with Gasteiger partial charge in [0.25, 0.3) is 5.91 Å². The first-order valence-electron chi connectivity index (χ1n) is 8.91. The van der Waals surface area contributed by atoms with Crippen LogP contribution in [0.4, 0.5) is 0 Å². The number of hydrogen-bond acceptors (Lipinski definition) is 4. The molecule has 152 valence electrons. The molecule has 0 unspecified atom stereocenters. The average molecular weight is 443 g/mol. The third-order valence-electron chi connectivity index (χ3n) is 4.10. The van der Waals surface area contributed by atoms with Gasteiger partial charge in [-0.15, -0.1) is 11.3 Å². The second kappa shape index (κ2) is 12.1. The van der Waals surface area contributed by atoms with Crippen LogP contribution in [0.5, 0.6) is 0 Å². The van der Waals surface area contributed by atoms with Crippen molar-refractivity contribution in [3.05, 3.63) is 58.3 Å². The van der Waals surface area contributed by atoms with E-state index >= 15 is 0 Å². The van der Waals surface area contributed by atoms with E-state index in [9.17, 15) is 9.59 Å². The Morgan fingerprint density at radius 2 is 1.82 bits per heavy atom. The molecular weight excluding hydrogens is 419 g/mol. The summed E-state index contributed by atoms with van der Waals surface area (Å²) in [7, 11) is 1.59. The first-order chi connectivity index (χ1) is 13.5. The van der Waals surface area contributed by atoms with Gasteiger partial charge < -0.3 is 14.5 Å². The Labute approximate surface area is 179 Å². The first kappa shape index (κ1) is 22.7. The fourth-order valence-electron chi connectivity index (χ4n) is 2.69. The number of amides is 2. The summed E-state index contributed by atoms with van der Waals surface area (Å²) in [6.07, 6.45) is 0.597. The Hall–Kier alpha value is -1.60. The monoisotopic (exact) mass is 442 g/mol. The van der Waals surface area contributed by atoms with Gasteiger partial charge in [-0.05, 0) is 23.4 Å². The molecule has 0 aliphatic rings. The second-order valence-electron chi connectivity index (χ2n) is 6.22. The molecule has 8 heteroatoms. The number of nitrogens with zero attached hydrogens (tertiary/aromatic N) is 2. The lowest BCUT2D eigenvalue weighted by Gasteiger charge is -2.28. The fourth-order valence-corrected chi connectivity index (χ4v) is 3.69. The van der Waals surface area contributed by atoms with Crippen LogP contribution in [0.1, 0.15) is 16.9 Å². The zero-order valence-electron chi connectivity index (χ0n) is 15.7. The highest BCUT2D eigenvalue weighted by Crippen LogP contribution is 2.16. The van der Waals surface area contributed by atoms with Gasteiger partial charge in [-0.3, -0.25) is 9.59 Å². The van der Waals surface area contributed by atoms with Crippen molar-refractivity contribution in [2.45, 2.75) is 24.3 Å². The van der Waals surface area contributed by atoms with Gasteiger partial charge in [-0.2, -0.15) is 0 Å². The van der Waals surface area contributed by atoms with E-state index in [2.05, 4.69) is 0 Å². The van der Waals surface area contributed by atoms with E-state index in [-0.39, 0.29) is 12.5 Å². The molecule has 0 bridgehead atoms. The van der Waals surface area contributed by atoms with Gasteiger partial charge in [0.2, 0.25) is 5.91 Å². The van der Waals surface area contributed by atoms with Crippen molar-refractivity contribution >= 4 is 46.4 Å². The van der Waals surface area contributed by atoms with Gasteiger partial charge in [0.1, 0.15) is 0 Å². The predicted octanol–water partition coefficient (Wildman–Crippen LogP) is 3.95. The van der Waals surface area contributed by atoms with Crippen molar-refractivity contribution in [3.63, 3.8) is 0 Å². The SMILES string of the molecule is COCCCN(CC(=O)N(Cc1ccccc1)Cc1cccs1)C(=O)C(Cl)Cl. The maximum Gasteiger partial charge on any atom is 0.256 e. The van der Waals surface area contributed by atoms with E-state index in [0.717, 1.165) is 10.4 Å². The van der Waals surface area contributed by atoms with Crippen molar-refractivity contribution < 1.29 is 14.3 Å². The number of methoxy groups -OCH3 is 1.